The van der Waals surface area contributed by atoms with E-state index < -0.39 is 11.9 Å². The third kappa shape index (κ3) is 5.08. The summed E-state index contributed by atoms with van der Waals surface area (Å²) in [4.78, 5) is 35.0. The lowest BCUT2D eigenvalue weighted by molar-refractivity contribution is -0.159. The fourth-order valence-electron chi connectivity index (χ4n) is 3.13. The van der Waals surface area contributed by atoms with E-state index in [4.69, 9.17) is 24.8 Å². The number of carbonyl (C=O) groups is 2. The number of likely N-dealkylation sites (N-methyl/N-ethyl adjacent to an activating group) is 1. The number of anilines is 1. The molecule has 0 aromatic carbocycles. The molecule has 4 rings (SSSR count). The first-order valence-corrected chi connectivity index (χ1v) is 10.8. The number of aromatic nitrogens is 2. The minimum absolute atomic E-state index is 0.865. The molecule has 1 aliphatic heterocycles. The van der Waals surface area contributed by atoms with E-state index in [1.165, 1.54) is 22.2 Å². The molecule has 10 heteroatoms. The smallest absolute Gasteiger partial charge is 0.414 e. The van der Waals surface area contributed by atoms with Crippen molar-refractivity contribution < 1.29 is 19.8 Å². The molecule has 0 aliphatic carbocycles. The van der Waals surface area contributed by atoms with Gasteiger partial charge in [-0.15, -0.1) is 22.7 Å². The summed E-state index contributed by atoms with van der Waals surface area (Å²) >= 11 is 3.51. The Morgan fingerprint density at radius 1 is 1.07 bits per heavy atom. The van der Waals surface area contributed by atoms with Crippen LogP contribution in [0, 0.1) is 6.92 Å². The number of hydrogen-bond donors (Lipinski definition) is 2. The molecule has 2 N–H and O–H groups in total. The molecule has 29 heavy (non-hydrogen) atoms. The summed E-state index contributed by atoms with van der Waals surface area (Å²) in [5, 5.41) is 20.4. The van der Waals surface area contributed by atoms with Crippen molar-refractivity contribution in [2.45, 2.75) is 13.3 Å². The molecule has 0 unspecified atom stereocenters. The van der Waals surface area contributed by atoms with Crippen LogP contribution in [-0.2, 0) is 9.59 Å². The molecule has 4 heterocycles. The fourth-order valence-corrected chi connectivity index (χ4v) is 4.93. The van der Waals surface area contributed by atoms with Crippen molar-refractivity contribution in [3.63, 3.8) is 0 Å². The van der Waals surface area contributed by atoms with Crippen LogP contribution >= 0.6 is 22.7 Å². The molecule has 0 bridgehead atoms. The fraction of sp³-hybridized carbons (Fsp3) is 0.368. The van der Waals surface area contributed by atoms with E-state index in [0.717, 1.165) is 42.7 Å². The largest absolute Gasteiger partial charge is 0.473 e. The number of rotatable bonds is 2. The average molecular weight is 435 g/mol. The maximum absolute atomic E-state index is 9.10. The Bertz CT molecular complexity index is 991. The number of nitrogens with zero attached hydrogens (tertiary/aromatic N) is 4. The Hall–Kier alpha value is -2.56. The Balaban J connectivity index is 0.000000353. The van der Waals surface area contributed by atoms with E-state index in [9.17, 15) is 0 Å². The van der Waals surface area contributed by atoms with E-state index >= 15 is 0 Å². The maximum atomic E-state index is 9.10. The van der Waals surface area contributed by atoms with Crippen LogP contribution in [0.1, 0.15) is 12.2 Å². The van der Waals surface area contributed by atoms with Crippen LogP contribution in [-0.4, -0.2) is 70.2 Å². The first-order chi connectivity index (χ1) is 13.9. The summed E-state index contributed by atoms with van der Waals surface area (Å²) in [5.74, 6) is -1.66. The highest BCUT2D eigenvalue weighted by atomic mass is 32.1. The van der Waals surface area contributed by atoms with Gasteiger partial charge in [-0.05, 0) is 38.4 Å². The van der Waals surface area contributed by atoms with Gasteiger partial charge in [-0.3, -0.25) is 0 Å². The third-order valence-electron chi connectivity index (χ3n) is 4.51. The molecule has 0 spiro atoms. The van der Waals surface area contributed by atoms with E-state index in [2.05, 4.69) is 44.7 Å². The van der Waals surface area contributed by atoms with Crippen LogP contribution in [0.25, 0.3) is 20.7 Å². The molecule has 0 radical (unpaired) electrons. The van der Waals surface area contributed by atoms with E-state index in [1.807, 2.05) is 6.92 Å². The van der Waals surface area contributed by atoms with Crippen molar-refractivity contribution in [2.75, 3.05) is 38.1 Å². The van der Waals surface area contributed by atoms with Gasteiger partial charge in [-0.2, -0.15) is 0 Å². The van der Waals surface area contributed by atoms with Gasteiger partial charge in [0, 0.05) is 35.5 Å². The van der Waals surface area contributed by atoms with Gasteiger partial charge in [0.1, 0.15) is 16.5 Å². The zero-order valence-electron chi connectivity index (χ0n) is 16.2. The molecule has 0 amide bonds. The van der Waals surface area contributed by atoms with Crippen molar-refractivity contribution in [3.05, 3.63) is 28.7 Å². The number of carboxylic acid groups (broad SMARTS) is 2. The number of hydrogen-bond acceptors (Lipinski definition) is 8. The first-order valence-electron chi connectivity index (χ1n) is 9.06. The topological polar surface area (TPSA) is 107 Å². The Labute approximate surface area is 176 Å². The van der Waals surface area contributed by atoms with E-state index in [-0.39, 0.29) is 0 Å². The molecule has 3 aromatic heterocycles. The molecular formula is C19H22N4O4S2. The number of thiophene rings is 2. The summed E-state index contributed by atoms with van der Waals surface area (Å²) in [7, 11) is 2.20. The predicted molar refractivity (Wildman–Crippen MR) is 115 cm³/mol. The van der Waals surface area contributed by atoms with Gasteiger partial charge in [0.05, 0.1) is 5.39 Å². The molecule has 1 fully saturated rings. The second-order valence-corrected chi connectivity index (χ2v) is 8.46. The normalized spacial score (nSPS) is 14.9. The van der Waals surface area contributed by atoms with Crippen molar-refractivity contribution in [3.8, 4) is 10.4 Å². The number of aryl methyl sites for hydroxylation is 1. The minimum atomic E-state index is -1.82. The minimum Gasteiger partial charge on any atom is -0.473 e. The van der Waals surface area contributed by atoms with Gasteiger partial charge in [-0.1, -0.05) is 6.07 Å². The van der Waals surface area contributed by atoms with Gasteiger partial charge in [0.25, 0.3) is 0 Å². The summed E-state index contributed by atoms with van der Waals surface area (Å²) in [5.41, 5.74) is 1.28. The van der Waals surface area contributed by atoms with Crippen molar-refractivity contribution in [2.24, 2.45) is 0 Å². The Morgan fingerprint density at radius 2 is 1.83 bits per heavy atom. The maximum Gasteiger partial charge on any atom is 0.414 e. The van der Waals surface area contributed by atoms with Crippen LogP contribution in [0.4, 0.5) is 5.82 Å². The molecule has 1 aliphatic rings. The summed E-state index contributed by atoms with van der Waals surface area (Å²) in [6, 6.07) is 4.30. The van der Waals surface area contributed by atoms with Crippen molar-refractivity contribution in [1.29, 1.82) is 0 Å². The van der Waals surface area contributed by atoms with E-state index in [0.29, 0.717) is 0 Å². The molecule has 3 aromatic rings. The van der Waals surface area contributed by atoms with Crippen LogP contribution in [0.2, 0.25) is 0 Å². The zero-order chi connectivity index (χ0) is 21.0. The first kappa shape index (κ1) is 21.2. The van der Waals surface area contributed by atoms with Gasteiger partial charge in [0.2, 0.25) is 0 Å². The van der Waals surface area contributed by atoms with Crippen LogP contribution in [0.3, 0.4) is 0 Å². The average Bonchev–Trinajstić information content (AvgIpc) is 3.28. The van der Waals surface area contributed by atoms with Crippen LogP contribution < -0.4 is 4.90 Å². The molecule has 8 nitrogen and oxygen atoms in total. The second-order valence-electron chi connectivity index (χ2n) is 6.66. The van der Waals surface area contributed by atoms with Gasteiger partial charge in [0.15, 0.2) is 0 Å². The molecule has 1 saturated heterocycles. The number of aliphatic carboxylic acids is 2. The monoisotopic (exact) mass is 434 g/mol. The lowest BCUT2D eigenvalue weighted by atomic mass is 10.2. The van der Waals surface area contributed by atoms with Crippen LogP contribution in [0.5, 0.6) is 0 Å². The lowest BCUT2D eigenvalue weighted by Gasteiger charge is -2.23. The quantitative estimate of drug-likeness (QED) is 0.593. The number of carboxylic acids is 2. The molecule has 0 atom stereocenters. The SMILES string of the molecule is Cc1nc(N2CCCN(C)CC2)c2c(-c3cccs3)csc2n1.O=C(O)C(=O)O. The second kappa shape index (κ2) is 9.29. The third-order valence-corrected chi connectivity index (χ3v) is 6.29. The van der Waals surface area contributed by atoms with Crippen molar-refractivity contribution >= 4 is 50.6 Å². The summed E-state index contributed by atoms with van der Waals surface area (Å²) in [6.07, 6.45) is 1.18. The summed E-state index contributed by atoms with van der Waals surface area (Å²) < 4.78 is 0. The standard InChI is InChI=1S/C17H20N4S2.C2H2O4/c1-12-18-16(21-7-4-6-20(2)8-9-21)15-13(11-23-17(15)19-12)14-5-3-10-22-14;3-1(4)2(5)6/h3,5,10-11H,4,6-9H2,1-2H3;(H,3,4)(H,5,6). The lowest BCUT2D eigenvalue weighted by Crippen LogP contribution is -2.29. The highest BCUT2D eigenvalue weighted by Crippen LogP contribution is 2.40. The highest BCUT2D eigenvalue weighted by Gasteiger charge is 2.21. The predicted octanol–water partition coefficient (Wildman–Crippen LogP) is 3.03. The molecule has 0 saturated carbocycles. The summed E-state index contributed by atoms with van der Waals surface area (Å²) in [6.45, 7) is 6.34. The van der Waals surface area contributed by atoms with Crippen molar-refractivity contribution in [1.82, 2.24) is 14.9 Å². The number of fused-ring (bicyclic) bond motifs is 1. The van der Waals surface area contributed by atoms with E-state index in [1.54, 1.807) is 22.7 Å². The Kier molecular flexibility index (Phi) is 6.78. The zero-order valence-corrected chi connectivity index (χ0v) is 17.8. The van der Waals surface area contributed by atoms with Crippen LogP contribution in [0.15, 0.2) is 22.9 Å². The molecule has 154 valence electrons. The highest BCUT2D eigenvalue weighted by molar-refractivity contribution is 7.18. The van der Waals surface area contributed by atoms with Gasteiger partial charge >= 0.3 is 11.9 Å². The Morgan fingerprint density at radius 3 is 2.48 bits per heavy atom. The van der Waals surface area contributed by atoms with Gasteiger partial charge < -0.3 is 20.0 Å². The molecular weight excluding hydrogens is 412 g/mol. The van der Waals surface area contributed by atoms with Gasteiger partial charge in [-0.25, -0.2) is 19.6 Å².